The summed E-state index contributed by atoms with van der Waals surface area (Å²) in [4.78, 5) is 72.2. The maximum Gasteiger partial charge on any atom is 0.408 e. The van der Waals surface area contributed by atoms with Gasteiger partial charge < -0.3 is 36.8 Å². The van der Waals surface area contributed by atoms with Gasteiger partial charge in [0.1, 0.15) is 23.7 Å². The lowest BCUT2D eigenvalue weighted by Gasteiger charge is -2.23. The fourth-order valence-corrected chi connectivity index (χ4v) is 2.98. The van der Waals surface area contributed by atoms with Crippen molar-refractivity contribution in [2.45, 2.75) is 70.7 Å². The van der Waals surface area contributed by atoms with Gasteiger partial charge >= 0.3 is 12.1 Å². The average molecular weight is 522 g/mol. The Labute approximate surface area is 214 Å². The number of carboxylic acid groups (broad SMARTS) is 1. The van der Waals surface area contributed by atoms with Crippen LogP contribution in [0.1, 0.15) is 46.1 Å². The summed E-state index contributed by atoms with van der Waals surface area (Å²) in [5.41, 5.74) is 5.02. The number of hydrogen-bond acceptors (Lipinski definition) is 7. The molecule has 0 aromatic heterocycles. The predicted octanol–water partition coefficient (Wildman–Crippen LogP) is -0.422. The van der Waals surface area contributed by atoms with Gasteiger partial charge in [0.25, 0.3) is 0 Å². The molecule has 0 spiro atoms. The van der Waals surface area contributed by atoms with Gasteiger partial charge in [0, 0.05) is 12.8 Å². The van der Waals surface area contributed by atoms with Gasteiger partial charge in [-0.1, -0.05) is 30.3 Å². The SMILES string of the molecule is C[C@H](NC(=O)[C@H](Cc1ccccc1)NC(=O)CNC(=O)[C@H](CCC(N)=O)NC(=O)OC(C)(C)C)C(=O)O. The lowest BCUT2D eigenvalue weighted by atomic mass is 10.0. The molecule has 0 fully saturated rings. The van der Waals surface area contributed by atoms with Gasteiger partial charge in [0.2, 0.25) is 23.6 Å². The van der Waals surface area contributed by atoms with Crippen LogP contribution in [0.3, 0.4) is 0 Å². The van der Waals surface area contributed by atoms with Crippen LogP contribution in [0, 0.1) is 0 Å². The second-order valence-corrected chi connectivity index (χ2v) is 9.30. The lowest BCUT2D eigenvalue weighted by Crippen LogP contribution is -2.54. The maximum absolute atomic E-state index is 12.6. The van der Waals surface area contributed by atoms with Gasteiger partial charge in [0.05, 0.1) is 6.54 Å². The van der Waals surface area contributed by atoms with Gasteiger partial charge in [-0.15, -0.1) is 0 Å². The van der Waals surface area contributed by atoms with Crippen LogP contribution in [-0.2, 0) is 35.1 Å². The monoisotopic (exact) mass is 521 g/mol. The first kappa shape index (κ1) is 30.9. The minimum Gasteiger partial charge on any atom is -0.480 e. The number of nitrogens with one attached hydrogen (secondary N) is 4. The first-order valence-electron chi connectivity index (χ1n) is 11.6. The summed E-state index contributed by atoms with van der Waals surface area (Å²) in [6, 6.07) is 5.22. The molecular weight excluding hydrogens is 486 g/mol. The van der Waals surface area contributed by atoms with Crippen LogP contribution < -0.4 is 27.0 Å². The Morgan fingerprint density at radius 3 is 2.11 bits per heavy atom. The first-order chi connectivity index (χ1) is 17.2. The average Bonchev–Trinajstić information content (AvgIpc) is 2.78. The van der Waals surface area contributed by atoms with Crippen LogP contribution in [0.5, 0.6) is 0 Å². The lowest BCUT2D eigenvalue weighted by molar-refractivity contribution is -0.141. The molecule has 204 valence electrons. The standard InChI is InChI=1S/C24H35N5O8/c1-14(22(34)35)27-21(33)17(12-15-8-6-5-7-9-15)28-19(31)13-26-20(32)16(10-11-18(25)30)29-23(36)37-24(2,3)4/h5-9,14,16-17H,10-13H2,1-4H3,(H2,25,30)(H,26,32)(H,27,33)(H,28,31)(H,29,36)(H,34,35)/t14-,16-,17-/m0/s1. The molecule has 0 saturated heterocycles. The number of carbonyl (C=O) groups excluding carboxylic acids is 5. The third kappa shape index (κ3) is 12.9. The Morgan fingerprint density at radius 2 is 1.57 bits per heavy atom. The van der Waals surface area contributed by atoms with Crippen LogP contribution in [-0.4, -0.2) is 71.1 Å². The summed E-state index contributed by atoms with van der Waals surface area (Å²) >= 11 is 0. The van der Waals surface area contributed by atoms with E-state index in [1.54, 1.807) is 51.1 Å². The normalized spacial score (nSPS) is 13.3. The number of hydrogen-bond donors (Lipinski definition) is 6. The van der Waals surface area contributed by atoms with Gasteiger partial charge in [-0.05, 0) is 39.7 Å². The molecule has 13 heteroatoms. The Balaban J connectivity index is 2.84. The van der Waals surface area contributed by atoms with E-state index < -0.39 is 66.0 Å². The Morgan fingerprint density at radius 1 is 0.946 bits per heavy atom. The number of benzene rings is 1. The summed E-state index contributed by atoms with van der Waals surface area (Å²) < 4.78 is 5.12. The molecule has 1 aromatic carbocycles. The topological polar surface area (TPSA) is 206 Å². The number of amides is 5. The number of carboxylic acids is 1. The zero-order chi connectivity index (χ0) is 28.2. The highest BCUT2D eigenvalue weighted by Crippen LogP contribution is 2.08. The van der Waals surface area contributed by atoms with Gasteiger partial charge in [0.15, 0.2) is 0 Å². The molecule has 37 heavy (non-hydrogen) atoms. The molecule has 7 N–H and O–H groups in total. The molecule has 0 aliphatic rings. The van der Waals surface area contributed by atoms with Crippen LogP contribution >= 0.6 is 0 Å². The largest absolute Gasteiger partial charge is 0.480 e. The third-order valence-electron chi connectivity index (χ3n) is 4.77. The van der Waals surface area contributed by atoms with Crippen LogP contribution in [0.2, 0.25) is 0 Å². The number of aliphatic carboxylic acids is 1. The molecule has 1 rings (SSSR count). The molecule has 0 heterocycles. The molecule has 5 amide bonds. The van der Waals surface area contributed by atoms with E-state index in [4.69, 9.17) is 15.6 Å². The van der Waals surface area contributed by atoms with Crippen molar-refractivity contribution < 1.29 is 38.6 Å². The molecule has 0 radical (unpaired) electrons. The fraction of sp³-hybridized carbons (Fsp3) is 0.500. The number of alkyl carbamates (subject to hydrolysis) is 1. The van der Waals surface area contributed by atoms with Crippen molar-refractivity contribution in [3.63, 3.8) is 0 Å². The van der Waals surface area contributed by atoms with E-state index in [0.717, 1.165) is 0 Å². The predicted molar refractivity (Wildman–Crippen MR) is 132 cm³/mol. The summed E-state index contributed by atoms with van der Waals surface area (Å²) in [6.07, 6.45) is -1.16. The number of ether oxygens (including phenoxy) is 1. The van der Waals surface area contributed by atoms with E-state index in [1.165, 1.54) is 6.92 Å². The van der Waals surface area contributed by atoms with Crippen molar-refractivity contribution in [3.8, 4) is 0 Å². The quantitative estimate of drug-likeness (QED) is 0.200. The molecule has 0 bridgehead atoms. The van der Waals surface area contributed by atoms with Crippen molar-refractivity contribution in [1.29, 1.82) is 0 Å². The number of nitrogens with two attached hydrogens (primary N) is 1. The minimum atomic E-state index is -1.25. The van der Waals surface area contributed by atoms with E-state index in [0.29, 0.717) is 5.56 Å². The van der Waals surface area contributed by atoms with E-state index in [1.807, 2.05) is 0 Å². The highest BCUT2D eigenvalue weighted by Gasteiger charge is 2.27. The molecule has 0 saturated carbocycles. The zero-order valence-corrected chi connectivity index (χ0v) is 21.3. The zero-order valence-electron chi connectivity index (χ0n) is 21.3. The second kappa shape index (κ2) is 14.4. The number of carbonyl (C=O) groups is 6. The van der Waals surface area contributed by atoms with E-state index >= 15 is 0 Å². The highest BCUT2D eigenvalue weighted by atomic mass is 16.6. The summed E-state index contributed by atoms with van der Waals surface area (Å²) in [5, 5.41) is 18.5. The molecular formula is C24H35N5O8. The molecule has 3 atom stereocenters. The third-order valence-corrected chi connectivity index (χ3v) is 4.77. The van der Waals surface area contributed by atoms with Crippen LogP contribution in [0.15, 0.2) is 30.3 Å². The second-order valence-electron chi connectivity index (χ2n) is 9.30. The Bertz CT molecular complexity index is 977. The molecule has 0 aliphatic heterocycles. The molecule has 1 aromatic rings. The van der Waals surface area contributed by atoms with E-state index in [9.17, 15) is 28.8 Å². The van der Waals surface area contributed by atoms with Gasteiger partial charge in [-0.2, -0.15) is 0 Å². The number of rotatable bonds is 13. The van der Waals surface area contributed by atoms with Crippen molar-refractivity contribution >= 4 is 35.7 Å². The molecule has 0 unspecified atom stereocenters. The smallest absolute Gasteiger partial charge is 0.408 e. The molecule has 0 aliphatic carbocycles. The van der Waals surface area contributed by atoms with Crippen molar-refractivity contribution in [2.24, 2.45) is 5.73 Å². The van der Waals surface area contributed by atoms with Gasteiger partial charge in [-0.3, -0.25) is 24.0 Å². The summed E-state index contributed by atoms with van der Waals surface area (Å²) in [5.74, 6) is -4.16. The van der Waals surface area contributed by atoms with Crippen LogP contribution in [0.25, 0.3) is 0 Å². The van der Waals surface area contributed by atoms with Gasteiger partial charge in [-0.25, -0.2) is 4.79 Å². The Hall–Kier alpha value is -4.16. The van der Waals surface area contributed by atoms with Crippen molar-refractivity contribution in [2.75, 3.05) is 6.54 Å². The Kier molecular flexibility index (Phi) is 12.0. The fourth-order valence-electron chi connectivity index (χ4n) is 2.98. The van der Waals surface area contributed by atoms with E-state index in [2.05, 4.69) is 21.3 Å². The summed E-state index contributed by atoms with van der Waals surface area (Å²) in [6.45, 7) is 5.62. The summed E-state index contributed by atoms with van der Waals surface area (Å²) in [7, 11) is 0. The van der Waals surface area contributed by atoms with E-state index in [-0.39, 0.29) is 19.3 Å². The highest BCUT2D eigenvalue weighted by molar-refractivity contribution is 5.93. The first-order valence-corrected chi connectivity index (χ1v) is 11.6. The number of primary amides is 1. The van der Waals surface area contributed by atoms with Crippen molar-refractivity contribution in [3.05, 3.63) is 35.9 Å². The van der Waals surface area contributed by atoms with Crippen LogP contribution in [0.4, 0.5) is 4.79 Å². The van der Waals surface area contributed by atoms with Crippen molar-refractivity contribution in [1.82, 2.24) is 21.3 Å². The minimum absolute atomic E-state index is 0.0696. The maximum atomic E-state index is 12.6. The molecule has 13 nitrogen and oxygen atoms in total.